The number of nitrogens with zero attached hydrogens (tertiary/aromatic N) is 4. The summed E-state index contributed by atoms with van der Waals surface area (Å²) in [5, 5.41) is 7.87. The van der Waals surface area contributed by atoms with E-state index in [-0.39, 0.29) is 16.9 Å². The van der Waals surface area contributed by atoms with Crippen LogP contribution in [0.15, 0.2) is 26.6 Å². The van der Waals surface area contributed by atoms with Crippen LogP contribution in [0.25, 0.3) is 22.4 Å². The second-order valence-electron chi connectivity index (χ2n) is 4.32. The maximum absolute atomic E-state index is 11.8. The molecule has 9 nitrogen and oxygen atoms in total. The van der Waals surface area contributed by atoms with Crippen LogP contribution in [0, 0.1) is 0 Å². The molecule has 0 fully saturated rings. The Bertz CT molecular complexity index is 990. The fourth-order valence-corrected chi connectivity index (χ4v) is 2.01. The van der Waals surface area contributed by atoms with E-state index in [9.17, 15) is 14.4 Å². The maximum Gasteiger partial charge on any atom is 0.329 e. The summed E-state index contributed by atoms with van der Waals surface area (Å²) in [6, 6.07) is 1.58. The monoisotopic (exact) mass is 274 g/mol. The number of aromatic amines is 2. The van der Waals surface area contributed by atoms with Gasteiger partial charge in [-0.2, -0.15) is 0 Å². The number of hydrogen-bond acceptors (Lipinski definition) is 5. The SMILES string of the molecule is Cn1c(=O)n(C)c2nnc(-c3c[nH]c(=O)[nH]c3=O)cc21. The van der Waals surface area contributed by atoms with Crippen LogP contribution in [0.2, 0.25) is 0 Å². The molecular formula is C11H10N6O3. The molecule has 0 radical (unpaired) electrons. The molecule has 0 atom stereocenters. The van der Waals surface area contributed by atoms with Crippen molar-refractivity contribution in [3.05, 3.63) is 43.6 Å². The van der Waals surface area contributed by atoms with E-state index in [1.807, 2.05) is 0 Å². The molecule has 3 aromatic heterocycles. The lowest BCUT2D eigenvalue weighted by molar-refractivity contribution is 0.789. The van der Waals surface area contributed by atoms with Crippen LogP contribution in [0.4, 0.5) is 0 Å². The lowest BCUT2D eigenvalue weighted by Gasteiger charge is -1.99. The highest BCUT2D eigenvalue weighted by Crippen LogP contribution is 2.15. The van der Waals surface area contributed by atoms with Gasteiger partial charge in [0, 0.05) is 20.3 Å². The minimum Gasteiger partial charge on any atom is -0.313 e. The number of hydrogen-bond donors (Lipinski definition) is 2. The van der Waals surface area contributed by atoms with Gasteiger partial charge < -0.3 is 4.98 Å². The van der Waals surface area contributed by atoms with Crippen LogP contribution in [0.3, 0.4) is 0 Å². The predicted octanol–water partition coefficient (Wildman–Crippen LogP) is -1.29. The zero-order valence-corrected chi connectivity index (χ0v) is 10.7. The van der Waals surface area contributed by atoms with Gasteiger partial charge in [-0.3, -0.25) is 18.9 Å². The predicted molar refractivity (Wildman–Crippen MR) is 70.4 cm³/mol. The largest absolute Gasteiger partial charge is 0.329 e. The normalized spacial score (nSPS) is 11.1. The standard InChI is InChI=1S/C11H10N6O3/c1-16-7-3-6(5-4-12-10(19)13-9(5)18)14-15-8(7)17(2)11(16)20/h3-4H,1-2H3,(H2,12,13,18,19). The molecule has 9 heteroatoms. The molecule has 0 aliphatic carbocycles. The van der Waals surface area contributed by atoms with E-state index in [1.165, 1.54) is 15.3 Å². The van der Waals surface area contributed by atoms with E-state index < -0.39 is 11.2 Å². The summed E-state index contributed by atoms with van der Waals surface area (Å²) < 4.78 is 2.77. The van der Waals surface area contributed by atoms with E-state index >= 15 is 0 Å². The van der Waals surface area contributed by atoms with Gasteiger partial charge in [-0.1, -0.05) is 0 Å². The summed E-state index contributed by atoms with van der Waals surface area (Å²) in [5.74, 6) is 0. The third-order valence-electron chi connectivity index (χ3n) is 3.10. The van der Waals surface area contributed by atoms with Crippen molar-refractivity contribution in [2.75, 3.05) is 0 Å². The quantitative estimate of drug-likeness (QED) is 0.572. The molecule has 0 spiro atoms. The Labute approximate surface area is 110 Å². The molecular weight excluding hydrogens is 264 g/mol. The first-order valence-electron chi connectivity index (χ1n) is 5.70. The summed E-state index contributed by atoms with van der Waals surface area (Å²) in [4.78, 5) is 39.0. The zero-order chi connectivity index (χ0) is 14.4. The summed E-state index contributed by atoms with van der Waals surface area (Å²) in [6.07, 6.45) is 1.26. The van der Waals surface area contributed by atoms with E-state index in [4.69, 9.17) is 0 Å². The molecule has 0 unspecified atom stereocenters. The van der Waals surface area contributed by atoms with Gasteiger partial charge in [0.2, 0.25) is 0 Å². The molecule has 0 aliphatic rings. The molecule has 0 aliphatic heterocycles. The summed E-state index contributed by atoms with van der Waals surface area (Å²) in [7, 11) is 3.19. The van der Waals surface area contributed by atoms with Crippen molar-refractivity contribution in [1.29, 1.82) is 0 Å². The molecule has 0 aromatic carbocycles. The number of imidazole rings is 1. The highest BCUT2D eigenvalue weighted by Gasteiger charge is 2.13. The van der Waals surface area contributed by atoms with Crippen molar-refractivity contribution >= 4 is 11.2 Å². The molecule has 0 saturated carbocycles. The highest BCUT2D eigenvalue weighted by atomic mass is 16.2. The summed E-state index contributed by atoms with van der Waals surface area (Å²) in [6.45, 7) is 0. The molecule has 102 valence electrons. The van der Waals surface area contributed by atoms with Gasteiger partial charge >= 0.3 is 11.4 Å². The summed E-state index contributed by atoms with van der Waals surface area (Å²) in [5.41, 5.74) is 0.0202. The van der Waals surface area contributed by atoms with Crippen molar-refractivity contribution < 1.29 is 0 Å². The van der Waals surface area contributed by atoms with Crippen molar-refractivity contribution in [2.24, 2.45) is 14.1 Å². The smallest absolute Gasteiger partial charge is 0.313 e. The Morgan fingerprint density at radius 2 is 1.85 bits per heavy atom. The third kappa shape index (κ3) is 1.60. The second-order valence-corrected chi connectivity index (χ2v) is 4.32. The Hall–Kier alpha value is -2.97. The molecule has 0 amide bonds. The molecule has 0 bridgehead atoms. The van der Waals surface area contributed by atoms with Crippen molar-refractivity contribution in [3.63, 3.8) is 0 Å². The van der Waals surface area contributed by atoms with Gasteiger partial charge in [-0.05, 0) is 6.07 Å². The zero-order valence-electron chi connectivity index (χ0n) is 10.7. The first-order valence-corrected chi connectivity index (χ1v) is 5.70. The fraction of sp³-hybridized carbons (Fsp3) is 0.182. The first kappa shape index (κ1) is 12.1. The number of aromatic nitrogens is 6. The van der Waals surface area contributed by atoms with Gasteiger partial charge in [0.25, 0.3) is 5.56 Å². The Morgan fingerprint density at radius 3 is 2.55 bits per heavy atom. The minimum absolute atomic E-state index is 0.176. The lowest BCUT2D eigenvalue weighted by Crippen LogP contribution is -2.22. The third-order valence-corrected chi connectivity index (χ3v) is 3.10. The molecule has 3 aromatic rings. The second kappa shape index (κ2) is 4.02. The Morgan fingerprint density at radius 1 is 1.10 bits per heavy atom. The average Bonchev–Trinajstić information content (AvgIpc) is 2.64. The molecule has 3 rings (SSSR count). The van der Waals surface area contributed by atoms with Gasteiger partial charge in [-0.25, -0.2) is 9.59 Å². The van der Waals surface area contributed by atoms with Crippen LogP contribution in [-0.4, -0.2) is 29.3 Å². The average molecular weight is 274 g/mol. The molecule has 0 saturated heterocycles. The Balaban J connectivity index is 2.34. The van der Waals surface area contributed by atoms with E-state index in [0.29, 0.717) is 11.2 Å². The van der Waals surface area contributed by atoms with Crippen molar-refractivity contribution in [3.8, 4) is 11.3 Å². The van der Waals surface area contributed by atoms with Gasteiger partial charge in [-0.15, -0.1) is 10.2 Å². The number of H-pyrrole nitrogens is 2. The molecule has 2 N–H and O–H groups in total. The number of aryl methyl sites for hydroxylation is 2. The number of fused-ring (bicyclic) bond motifs is 1. The van der Waals surface area contributed by atoms with Crippen LogP contribution in [0.1, 0.15) is 0 Å². The molecule has 3 heterocycles. The Kier molecular flexibility index (Phi) is 2.43. The van der Waals surface area contributed by atoms with Crippen LogP contribution in [-0.2, 0) is 14.1 Å². The van der Waals surface area contributed by atoms with E-state index in [2.05, 4.69) is 20.2 Å². The minimum atomic E-state index is -0.597. The van der Waals surface area contributed by atoms with Crippen LogP contribution < -0.4 is 16.9 Å². The maximum atomic E-state index is 11.8. The van der Waals surface area contributed by atoms with Crippen LogP contribution >= 0.6 is 0 Å². The first-order chi connectivity index (χ1) is 9.49. The van der Waals surface area contributed by atoms with Gasteiger partial charge in [0.1, 0.15) is 5.69 Å². The van der Waals surface area contributed by atoms with Gasteiger partial charge in [0.15, 0.2) is 5.65 Å². The van der Waals surface area contributed by atoms with Crippen LogP contribution in [0.5, 0.6) is 0 Å². The summed E-state index contributed by atoms with van der Waals surface area (Å²) >= 11 is 0. The lowest BCUT2D eigenvalue weighted by atomic mass is 10.2. The van der Waals surface area contributed by atoms with Gasteiger partial charge in [0.05, 0.1) is 11.1 Å². The van der Waals surface area contributed by atoms with Crippen molar-refractivity contribution in [2.45, 2.75) is 0 Å². The highest BCUT2D eigenvalue weighted by molar-refractivity contribution is 5.76. The van der Waals surface area contributed by atoms with E-state index in [0.717, 1.165) is 0 Å². The van der Waals surface area contributed by atoms with Crippen molar-refractivity contribution in [1.82, 2.24) is 29.3 Å². The topological polar surface area (TPSA) is 118 Å². The number of nitrogens with one attached hydrogen (secondary N) is 2. The number of rotatable bonds is 1. The fourth-order valence-electron chi connectivity index (χ4n) is 2.01. The molecule has 20 heavy (non-hydrogen) atoms. The van der Waals surface area contributed by atoms with E-state index in [1.54, 1.807) is 20.2 Å².